The van der Waals surface area contributed by atoms with Gasteiger partial charge in [0.15, 0.2) is 5.69 Å². The first-order chi connectivity index (χ1) is 12.8. The second-order valence-corrected chi connectivity index (χ2v) is 6.11. The molecule has 144 valence electrons. The summed E-state index contributed by atoms with van der Waals surface area (Å²) in [6, 6.07) is 5.28. The van der Waals surface area contributed by atoms with Crippen LogP contribution in [0.4, 0.5) is 13.2 Å². The zero-order valence-electron chi connectivity index (χ0n) is 14.0. The zero-order chi connectivity index (χ0) is 19.6. The maximum Gasteiger partial charge on any atom is 0.434 e. The van der Waals surface area contributed by atoms with Crippen molar-refractivity contribution in [3.05, 3.63) is 47.3 Å². The van der Waals surface area contributed by atoms with Crippen molar-refractivity contribution < 1.29 is 32.6 Å². The highest BCUT2D eigenvalue weighted by Crippen LogP contribution is 2.33. The van der Waals surface area contributed by atoms with Crippen molar-refractivity contribution in [3.8, 4) is 5.69 Å². The van der Waals surface area contributed by atoms with Gasteiger partial charge in [-0.2, -0.15) is 18.3 Å². The number of amides is 1. The molecule has 1 atom stereocenters. The average molecular weight is 383 g/mol. The molecule has 7 nitrogen and oxygen atoms in total. The van der Waals surface area contributed by atoms with Crippen molar-refractivity contribution in [3.63, 3.8) is 0 Å². The second kappa shape index (κ2) is 7.39. The highest BCUT2D eigenvalue weighted by Gasteiger charge is 2.40. The fourth-order valence-electron chi connectivity index (χ4n) is 2.81. The smallest absolute Gasteiger partial charge is 0.434 e. The topological polar surface area (TPSA) is 93.5 Å². The van der Waals surface area contributed by atoms with Gasteiger partial charge in [-0.25, -0.2) is 9.48 Å². The van der Waals surface area contributed by atoms with Crippen LogP contribution in [0.25, 0.3) is 5.69 Å². The van der Waals surface area contributed by atoms with Crippen LogP contribution in [0.1, 0.15) is 32.8 Å². The van der Waals surface area contributed by atoms with Crippen LogP contribution in [0.3, 0.4) is 0 Å². The molecule has 1 aliphatic heterocycles. The molecule has 0 saturated carbocycles. The Bertz CT molecular complexity index is 840. The predicted octanol–water partition coefficient (Wildman–Crippen LogP) is 2.36. The third-order valence-corrected chi connectivity index (χ3v) is 4.22. The Hall–Kier alpha value is -2.88. The second-order valence-electron chi connectivity index (χ2n) is 6.11. The molecular formula is C17H16F3N3O4. The van der Waals surface area contributed by atoms with Gasteiger partial charge in [0.05, 0.1) is 18.5 Å². The highest BCUT2D eigenvalue weighted by atomic mass is 19.4. The molecule has 1 unspecified atom stereocenters. The van der Waals surface area contributed by atoms with Gasteiger partial charge in [-0.1, -0.05) is 0 Å². The fraction of sp³-hybridized carbons (Fsp3) is 0.353. The van der Waals surface area contributed by atoms with Crippen LogP contribution in [-0.4, -0.2) is 46.5 Å². The molecular weight excluding hydrogens is 367 g/mol. The SMILES string of the molecule is O=C(NCC1CCOC1)c1ccc(-n2ncc(C(=O)O)c2C(F)(F)F)cc1. The molecule has 27 heavy (non-hydrogen) atoms. The van der Waals surface area contributed by atoms with E-state index in [4.69, 9.17) is 9.84 Å². The Morgan fingerprint density at radius 2 is 2.00 bits per heavy atom. The van der Waals surface area contributed by atoms with Crippen LogP contribution in [0, 0.1) is 5.92 Å². The van der Waals surface area contributed by atoms with Crippen molar-refractivity contribution >= 4 is 11.9 Å². The number of hydrogen-bond acceptors (Lipinski definition) is 4. The molecule has 2 heterocycles. The summed E-state index contributed by atoms with van der Waals surface area (Å²) >= 11 is 0. The van der Waals surface area contributed by atoms with Crippen molar-refractivity contribution in [1.82, 2.24) is 15.1 Å². The molecule has 0 radical (unpaired) electrons. The van der Waals surface area contributed by atoms with Crippen molar-refractivity contribution in [1.29, 1.82) is 0 Å². The third kappa shape index (κ3) is 4.11. The predicted molar refractivity (Wildman–Crippen MR) is 86.8 cm³/mol. The number of aromatic carboxylic acids is 1. The molecule has 1 fully saturated rings. The van der Waals surface area contributed by atoms with Gasteiger partial charge in [0.2, 0.25) is 0 Å². The van der Waals surface area contributed by atoms with E-state index in [0.29, 0.717) is 30.6 Å². The minimum absolute atomic E-state index is 0.00410. The van der Waals surface area contributed by atoms with Crippen LogP contribution in [0.2, 0.25) is 0 Å². The van der Waals surface area contributed by atoms with E-state index in [2.05, 4.69) is 10.4 Å². The Morgan fingerprint density at radius 1 is 1.30 bits per heavy atom. The first-order valence-corrected chi connectivity index (χ1v) is 8.12. The molecule has 0 aliphatic carbocycles. The summed E-state index contributed by atoms with van der Waals surface area (Å²) in [7, 11) is 0. The summed E-state index contributed by atoms with van der Waals surface area (Å²) < 4.78 is 45.5. The molecule has 2 N–H and O–H groups in total. The minimum Gasteiger partial charge on any atom is -0.478 e. The van der Waals surface area contributed by atoms with E-state index >= 15 is 0 Å². The van der Waals surface area contributed by atoms with Crippen LogP contribution in [-0.2, 0) is 10.9 Å². The van der Waals surface area contributed by atoms with Crippen molar-refractivity contribution in [2.75, 3.05) is 19.8 Å². The van der Waals surface area contributed by atoms with Crippen LogP contribution < -0.4 is 5.32 Å². The number of hydrogen-bond donors (Lipinski definition) is 2. The van der Waals surface area contributed by atoms with E-state index in [9.17, 15) is 22.8 Å². The summed E-state index contributed by atoms with van der Waals surface area (Å²) in [6.07, 6.45) is -3.39. The number of carboxylic acids is 1. The molecule has 0 spiro atoms. The normalized spacial score (nSPS) is 17.1. The Balaban J connectivity index is 1.79. The molecule has 10 heteroatoms. The maximum absolute atomic E-state index is 13.2. The first kappa shape index (κ1) is 18.9. The Labute approximate surface area is 151 Å². The molecule has 1 aromatic heterocycles. The number of carbonyl (C=O) groups is 2. The van der Waals surface area contributed by atoms with Gasteiger partial charge in [0.25, 0.3) is 5.91 Å². The van der Waals surface area contributed by atoms with Crippen molar-refractivity contribution in [2.45, 2.75) is 12.6 Å². The van der Waals surface area contributed by atoms with Gasteiger partial charge in [-0.05, 0) is 30.7 Å². The average Bonchev–Trinajstić information content (AvgIpc) is 3.29. The maximum atomic E-state index is 13.2. The third-order valence-electron chi connectivity index (χ3n) is 4.22. The van der Waals surface area contributed by atoms with E-state index in [1.165, 1.54) is 24.3 Å². The summed E-state index contributed by atoms with van der Waals surface area (Å²) in [5, 5.41) is 15.2. The molecule has 0 bridgehead atoms. The highest BCUT2D eigenvalue weighted by molar-refractivity contribution is 5.94. The van der Waals surface area contributed by atoms with E-state index in [-0.39, 0.29) is 23.1 Å². The monoisotopic (exact) mass is 383 g/mol. The molecule has 1 aromatic carbocycles. The lowest BCUT2D eigenvalue weighted by atomic mass is 10.1. The Morgan fingerprint density at radius 3 is 2.56 bits per heavy atom. The number of nitrogens with zero attached hydrogens (tertiary/aromatic N) is 2. The number of nitrogens with one attached hydrogen (secondary N) is 1. The largest absolute Gasteiger partial charge is 0.478 e. The number of rotatable bonds is 5. The Kier molecular flexibility index (Phi) is 5.17. The summed E-state index contributed by atoms with van der Waals surface area (Å²) in [6.45, 7) is 1.71. The first-order valence-electron chi connectivity index (χ1n) is 8.12. The standard InChI is InChI=1S/C17H16F3N3O4/c18-17(19,20)14-13(16(25)26)8-22-23(14)12-3-1-11(2-4-12)15(24)21-7-10-5-6-27-9-10/h1-4,8,10H,5-7,9H2,(H,21,24)(H,25,26). The lowest BCUT2D eigenvalue weighted by Gasteiger charge is -2.12. The number of ether oxygens (including phenoxy) is 1. The summed E-state index contributed by atoms with van der Waals surface area (Å²) in [5.41, 5.74) is -2.05. The zero-order valence-corrected chi connectivity index (χ0v) is 14.0. The van der Waals surface area contributed by atoms with Gasteiger partial charge < -0.3 is 15.2 Å². The lowest BCUT2D eigenvalue weighted by Crippen LogP contribution is -2.29. The van der Waals surface area contributed by atoms with E-state index in [1.807, 2.05) is 0 Å². The molecule has 3 rings (SSSR count). The number of carboxylic acid groups (broad SMARTS) is 1. The lowest BCUT2D eigenvalue weighted by molar-refractivity contribution is -0.143. The number of carbonyl (C=O) groups excluding carboxylic acids is 1. The van der Waals surface area contributed by atoms with Gasteiger partial charge >= 0.3 is 12.1 Å². The van der Waals surface area contributed by atoms with Crippen LogP contribution in [0.5, 0.6) is 0 Å². The number of benzene rings is 1. The van der Waals surface area contributed by atoms with E-state index in [0.717, 1.165) is 6.42 Å². The van der Waals surface area contributed by atoms with Crippen molar-refractivity contribution in [2.24, 2.45) is 5.92 Å². The summed E-state index contributed by atoms with van der Waals surface area (Å²) in [5.74, 6) is -1.82. The van der Waals surface area contributed by atoms with Gasteiger partial charge in [0.1, 0.15) is 5.56 Å². The van der Waals surface area contributed by atoms with Crippen LogP contribution in [0.15, 0.2) is 30.5 Å². The molecule has 1 aliphatic rings. The molecule has 1 saturated heterocycles. The van der Waals surface area contributed by atoms with Crippen LogP contribution >= 0.6 is 0 Å². The molecule has 1 amide bonds. The van der Waals surface area contributed by atoms with Gasteiger partial charge in [0, 0.05) is 24.6 Å². The molecule has 2 aromatic rings. The fourth-order valence-corrected chi connectivity index (χ4v) is 2.81. The number of aromatic nitrogens is 2. The summed E-state index contributed by atoms with van der Waals surface area (Å²) in [4.78, 5) is 23.2. The van der Waals surface area contributed by atoms with Gasteiger partial charge in [-0.15, -0.1) is 0 Å². The number of halogens is 3. The van der Waals surface area contributed by atoms with E-state index in [1.54, 1.807) is 0 Å². The van der Waals surface area contributed by atoms with E-state index < -0.39 is 23.4 Å². The quantitative estimate of drug-likeness (QED) is 0.827. The minimum atomic E-state index is -4.90. The van der Waals surface area contributed by atoms with Gasteiger partial charge in [-0.3, -0.25) is 4.79 Å². The number of alkyl halides is 3.